The Hall–Kier alpha value is -0.740. The smallest absolute Gasteiger partial charge is 0.310 e. The zero-order valence-corrected chi connectivity index (χ0v) is 10.3. The average molecular weight is 266 g/mol. The molecule has 0 fully saturated rings. The summed E-state index contributed by atoms with van der Waals surface area (Å²) in [5.74, 6) is 0. The molecule has 1 nitrogen and oxygen atoms in total. The van der Waals surface area contributed by atoms with Crippen LogP contribution >= 0.6 is 11.6 Å². The number of rotatable bonds is 5. The van der Waals surface area contributed by atoms with Crippen LogP contribution in [0.3, 0.4) is 0 Å². The first kappa shape index (κ1) is 14.3. The van der Waals surface area contributed by atoms with Gasteiger partial charge in [0, 0.05) is 17.5 Å². The normalized spacial score (nSPS) is 13.7. The molecule has 0 aliphatic heterocycles. The third kappa shape index (κ3) is 5.94. The summed E-state index contributed by atoms with van der Waals surface area (Å²) in [5, 5.41) is 3.70. The number of alkyl halides is 3. The van der Waals surface area contributed by atoms with Crippen LogP contribution in [-0.2, 0) is 0 Å². The average Bonchev–Trinajstić information content (AvgIpc) is 2.24. The van der Waals surface area contributed by atoms with Crippen LogP contribution in [0.2, 0.25) is 5.02 Å². The van der Waals surface area contributed by atoms with E-state index in [-0.39, 0.29) is 12.5 Å². The minimum atomic E-state index is -4.06. The molecule has 0 saturated carbocycles. The zero-order chi connectivity index (χ0) is 12.9. The van der Waals surface area contributed by atoms with Crippen molar-refractivity contribution in [2.45, 2.75) is 32.0 Å². The third-order valence-electron chi connectivity index (χ3n) is 2.46. The first-order valence-electron chi connectivity index (χ1n) is 5.44. The fraction of sp³-hybridized carbons (Fsp3) is 0.500. The minimum absolute atomic E-state index is 0.0282. The Labute approximate surface area is 104 Å². The van der Waals surface area contributed by atoms with E-state index in [0.29, 0.717) is 11.6 Å². The van der Waals surface area contributed by atoms with Crippen molar-refractivity contribution in [3.8, 4) is 0 Å². The Bertz CT molecular complexity index is 335. The van der Waals surface area contributed by atoms with Gasteiger partial charge in [-0.05, 0) is 37.6 Å². The van der Waals surface area contributed by atoms with E-state index >= 15 is 0 Å². The van der Waals surface area contributed by atoms with Crippen LogP contribution in [0.4, 0.5) is 13.2 Å². The molecular weight excluding hydrogens is 251 g/mol. The summed E-state index contributed by atoms with van der Waals surface area (Å²) in [4.78, 5) is 0. The fourth-order valence-electron chi connectivity index (χ4n) is 1.48. The van der Waals surface area contributed by atoms with E-state index in [9.17, 15) is 13.2 Å². The van der Waals surface area contributed by atoms with E-state index in [0.717, 1.165) is 5.56 Å². The predicted octanol–water partition coefficient (Wildman–Crippen LogP) is 4.33. The van der Waals surface area contributed by atoms with Crippen LogP contribution in [0, 0.1) is 0 Å². The molecule has 0 aliphatic rings. The molecule has 0 spiro atoms. The van der Waals surface area contributed by atoms with E-state index in [4.69, 9.17) is 11.6 Å². The minimum Gasteiger partial charge on any atom is -0.310 e. The van der Waals surface area contributed by atoms with Gasteiger partial charge in [-0.15, -0.1) is 0 Å². The van der Waals surface area contributed by atoms with Crippen molar-refractivity contribution in [1.82, 2.24) is 5.32 Å². The molecule has 0 aromatic heterocycles. The van der Waals surface area contributed by atoms with Crippen molar-refractivity contribution < 1.29 is 13.2 Å². The number of halogens is 4. The van der Waals surface area contributed by atoms with E-state index < -0.39 is 12.6 Å². The Kier molecular flexibility index (Phi) is 5.28. The van der Waals surface area contributed by atoms with E-state index in [1.54, 1.807) is 12.1 Å². The molecule has 0 amide bonds. The molecule has 96 valence electrons. The maximum Gasteiger partial charge on any atom is 0.389 e. The van der Waals surface area contributed by atoms with Crippen LogP contribution in [0.25, 0.3) is 0 Å². The van der Waals surface area contributed by atoms with Gasteiger partial charge in [-0.1, -0.05) is 23.7 Å². The second kappa shape index (κ2) is 6.26. The van der Waals surface area contributed by atoms with Gasteiger partial charge in [0.1, 0.15) is 0 Å². The maximum absolute atomic E-state index is 11.9. The van der Waals surface area contributed by atoms with Crippen LogP contribution in [0.5, 0.6) is 0 Å². The molecule has 5 heteroatoms. The summed E-state index contributed by atoms with van der Waals surface area (Å²) in [5.41, 5.74) is 1.02. The number of nitrogens with one attached hydrogen (secondary N) is 1. The Balaban J connectivity index is 2.30. The standard InChI is InChI=1S/C12H15ClF3N/c1-9(10-3-5-11(13)6-4-10)17-8-2-7-12(14,15)16/h3-6,9,17H,2,7-8H2,1H3/t9-/m0/s1. The van der Waals surface area contributed by atoms with E-state index in [1.807, 2.05) is 19.1 Å². The van der Waals surface area contributed by atoms with Crippen molar-refractivity contribution >= 4 is 11.6 Å². The summed E-state index contributed by atoms with van der Waals surface area (Å²) in [7, 11) is 0. The molecule has 1 N–H and O–H groups in total. The summed E-state index contributed by atoms with van der Waals surface area (Å²) >= 11 is 5.75. The van der Waals surface area contributed by atoms with Crippen molar-refractivity contribution in [2.24, 2.45) is 0 Å². The highest BCUT2D eigenvalue weighted by Gasteiger charge is 2.25. The number of benzene rings is 1. The molecule has 0 radical (unpaired) electrons. The molecule has 0 bridgehead atoms. The van der Waals surface area contributed by atoms with Gasteiger partial charge in [0.25, 0.3) is 0 Å². The lowest BCUT2D eigenvalue weighted by atomic mass is 10.1. The second-order valence-corrected chi connectivity index (χ2v) is 4.38. The van der Waals surface area contributed by atoms with Crippen molar-refractivity contribution in [2.75, 3.05) is 6.54 Å². The van der Waals surface area contributed by atoms with Gasteiger partial charge in [0.05, 0.1) is 0 Å². The third-order valence-corrected chi connectivity index (χ3v) is 2.71. The lowest BCUT2D eigenvalue weighted by Gasteiger charge is -2.14. The molecule has 0 aliphatic carbocycles. The Morgan fingerprint density at radius 3 is 2.35 bits per heavy atom. The van der Waals surface area contributed by atoms with Gasteiger partial charge in [-0.2, -0.15) is 13.2 Å². The van der Waals surface area contributed by atoms with Crippen molar-refractivity contribution in [1.29, 1.82) is 0 Å². The highest BCUT2D eigenvalue weighted by atomic mass is 35.5. The largest absolute Gasteiger partial charge is 0.389 e. The van der Waals surface area contributed by atoms with E-state index in [2.05, 4.69) is 5.32 Å². The summed E-state index contributed by atoms with van der Waals surface area (Å²) in [6.45, 7) is 2.26. The molecule has 0 unspecified atom stereocenters. The van der Waals surface area contributed by atoms with Gasteiger partial charge >= 0.3 is 6.18 Å². The molecule has 0 saturated heterocycles. The molecular formula is C12H15ClF3N. The highest BCUT2D eigenvalue weighted by Crippen LogP contribution is 2.21. The quantitative estimate of drug-likeness (QED) is 0.781. The topological polar surface area (TPSA) is 12.0 Å². The van der Waals surface area contributed by atoms with Crippen LogP contribution in [-0.4, -0.2) is 12.7 Å². The molecule has 1 atom stereocenters. The summed E-state index contributed by atoms with van der Waals surface area (Å²) in [6.07, 6.45) is -4.71. The maximum atomic E-state index is 11.9. The number of hydrogen-bond donors (Lipinski definition) is 1. The SMILES string of the molecule is C[C@H](NCCCC(F)(F)F)c1ccc(Cl)cc1. The highest BCUT2D eigenvalue weighted by molar-refractivity contribution is 6.30. The lowest BCUT2D eigenvalue weighted by molar-refractivity contribution is -0.135. The van der Waals surface area contributed by atoms with E-state index in [1.165, 1.54) is 0 Å². The zero-order valence-electron chi connectivity index (χ0n) is 9.52. The Morgan fingerprint density at radius 2 is 1.82 bits per heavy atom. The molecule has 1 aromatic rings. The van der Waals surface area contributed by atoms with Crippen LogP contribution in [0.15, 0.2) is 24.3 Å². The first-order chi connectivity index (χ1) is 7.88. The van der Waals surface area contributed by atoms with Gasteiger partial charge < -0.3 is 5.32 Å². The van der Waals surface area contributed by atoms with Crippen LogP contribution in [0.1, 0.15) is 31.4 Å². The predicted molar refractivity (Wildman–Crippen MR) is 63.2 cm³/mol. The number of hydrogen-bond acceptors (Lipinski definition) is 1. The lowest BCUT2D eigenvalue weighted by Crippen LogP contribution is -2.21. The molecule has 17 heavy (non-hydrogen) atoms. The second-order valence-electron chi connectivity index (χ2n) is 3.95. The summed E-state index contributed by atoms with van der Waals surface area (Å²) < 4.78 is 35.7. The van der Waals surface area contributed by atoms with Crippen LogP contribution < -0.4 is 5.32 Å². The first-order valence-corrected chi connectivity index (χ1v) is 5.82. The van der Waals surface area contributed by atoms with Gasteiger partial charge in [-0.3, -0.25) is 0 Å². The fourth-order valence-corrected chi connectivity index (χ4v) is 1.60. The van der Waals surface area contributed by atoms with Gasteiger partial charge in [0.15, 0.2) is 0 Å². The molecule has 1 rings (SSSR count). The van der Waals surface area contributed by atoms with Crippen molar-refractivity contribution in [3.05, 3.63) is 34.9 Å². The Morgan fingerprint density at radius 1 is 1.24 bits per heavy atom. The molecule has 1 aromatic carbocycles. The van der Waals surface area contributed by atoms with Gasteiger partial charge in [-0.25, -0.2) is 0 Å². The summed E-state index contributed by atoms with van der Waals surface area (Å²) in [6, 6.07) is 7.30. The monoisotopic (exact) mass is 265 g/mol. The van der Waals surface area contributed by atoms with Crippen molar-refractivity contribution in [3.63, 3.8) is 0 Å². The van der Waals surface area contributed by atoms with Gasteiger partial charge in [0.2, 0.25) is 0 Å². The molecule has 0 heterocycles.